The SMILES string of the molecule is O=C(O)C1CCC2(CC1)CCN(C(=O)OCC1c3ccccc3-c3ccccc31)CC2. The van der Waals surface area contributed by atoms with E-state index in [1.165, 1.54) is 22.3 Å². The van der Waals surface area contributed by atoms with E-state index in [4.69, 9.17) is 4.74 Å². The van der Waals surface area contributed by atoms with Gasteiger partial charge < -0.3 is 14.7 Å². The molecule has 2 aliphatic carbocycles. The number of carboxylic acid groups (broad SMARTS) is 1. The van der Waals surface area contributed by atoms with Crippen LogP contribution in [0.2, 0.25) is 0 Å². The van der Waals surface area contributed by atoms with Crippen LogP contribution in [0.25, 0.3) is 11.1 Å². The van der Waals surface area contributed by atoms with E-state index < -0.39 is 5.97 Å². The first-order valence-electron chi connectivity index (χ1n) is 11.4. The molecule has 5 heteroatoms. The molecular weight excluding hydrogens is 390 g/mol. The number of carbonyl (C=O) groups excluding carboxylic acids is 1. The van der Waals surface area contributed by atoms with Crippen LogP contribution in [-0.2, 0) is 9.53 Å². The van der Waals surface area contributed by atoms with Gasteiger partial charge in [0.2, 0.25) is 0 Å². The molecule has 1 amide bonds. The summed E-state index contributed by atoms with van der Waals surface area (Å²) in [6.07, 6.45) is 5.12. The molecule has 1 saturated heterocycles. The Hall–Kier alpha value is -2.82. The van der Waals surface area contributed by atoms with Gasteiger partial charge in [-0.2, -0.15) is 0 Å². The van der Waals surface area contributed by atoms with Crippen molar-refractivity contribution < 1.29 is 19.4 Å². The van der Waals surface area contributed by atoms with E-state index in [2.05, 4.69) is 36.4 Å². The number of nitrogens with zero attached hydrogens (tertiary/aromatic N) is 1. The topological polar surface area (TPSA) is 66.8 Å². The smallest absolute Gasteiger partial charge is 0.409 e. The van der Waals surface area contributed by atoms with E-state index in [1.807, 2.05) is 17.0 Å². The van der Waals surface area contributed by atoms with Crippen LogP contribution in [0.3, 0.4) is 0 Å². The van der Waals surface area contributed by atoms with Crippen LogP contribution in [0.1, 0.15) is 55.6 Å². The van der Waals surface area contributed by atoms with E-state index in [1.54, 1.807) is 0 Å². The maximum absolute atomic E-state index is 12.8. The second-order valence-electron chi connectivity index (χ2n) is 9.40. The number of benzene rings is 2. The number of fused-ring (bicyclic) bond motifs is 3. The van der Waals surface area contributed by atoms with Crippen molar-refractivity contribution in [3.63, 3.8) is 0 Å². The first-order valence-corrected chi connectivity index (χ1v) is 11.4. The van der Waals surface area contributed by atoms with Crippen molar-refractivity contribution in [2.24, 2.45) is 11.3 Å². The number of hydrogen-bond acceptors (Lipinski definition) is 3. The van der Waals surface area contributed by atoms with Gasteiger partial charge in [0.15, 0.2) is 0 Å². The molecule has 0 unspecified atom stereocenters. The summed E-state index contributed by atoms with van der Waals surface area (Å²) < 4.78 is 5.81. The summed E-state index contributed by atoms with van der Waals surface area (Å²) in [6, 6.07) is 16.7. The molecule has 5 nitrogen and oxygen atoms in total. The van der Waals surface area contributed by atoms with Gasteiger partial charge >= 0.3 is 12.1 Å². The molecule has 1 saturated carbocycles. The molecule has 31 heavy (non-hydrogen) atoms. The number of carboxylic acids is 1. The van der Waals surface area contributed by atoms with Crippen molar-refractivity contribution in [3.8, 4) is 11.1 Å². The minimum atomic E-state index is -0.661. The van der Waals surface area contributed by atoms with Crippen molar-refractivity contribution in [1.29, 1.82) is 0 Å². The lowest BCUT2D eigenvalue weighted by atomic mass is 9.65. The van der Waals surface area contributed by atoms with E-state index in [-0.39, 0.29) is 23.3 Å². The summed E-state index contributed by atoms with van der Waals surface area (Å²) >= 11 is 0. The first-order chi connectivity index (χ1) is 15.1. The molecule has 0 atom stereocenters. The molecule has 1 heterocycles. The number of amides is 1. The Balaban J connectivity index is 1.19. The summed E-state index contributed by atoms with van der Waals surface area (Å²) in [4.78, 5) is 25.9. The van der Waals surface area contributed by atoms with E-state index in [0.29, 0.717) is 19.7 Å². The zero-order valence-corrected chi connectivity index (χ0v) is 17.8. The lowest BCUT2D eigenvalue weighted by Crippen LogP contribution is -2.45. The summed E-state index contributed by atoms with van der Waals surface area (Å²) in [6.45, 7) is 1.76. The van der Waals surface area contributed by atoms with Gasteiger partial charge in [-0.1, -0.05) is 48.5 Å². The quantitative estimate of drug-likeness (QED) is 0.734. The van der Waals surface area contributed by atoms with Gasteiger partial charge in [0.1, 0.15) is 6.61 Å². The van der Waals surface area contributed by atoms with Crippen molar-refractivity contribution in [2.45, 2.75) is 44.4 Å². The van der Waals surface area contributed by atoms with Crippen LogP contribution >= 0.6 is 0 Å². The highest BCUT2D eigenvalue weighted by Gasteiger charge is 2.41. The Morgan fingerprint density at radius 2 is 1.45 bits per heavy atom. The highest BCUT2D eigenvalue weighted by atomic mass is 16.6. The van der Waals surface area contributed by atoms with E-state index >= 15 is 0 Å². The van der Waals surface area contributed by atoms with Crippen LogP contribution < -0.4 is 0 Å². The van der Waals surface area contributed by atoms with Gasteiger partial charge in [0.05, 0.1) is 5.92 Å². The average molecular weight is 420 g/mol. The van der Waals surface area contributed by atoms with Crippen LogP contribution in [0.15, 0.2) is 48.5 Å². The van der Waals surface area contributed by atoms with Crippen molar-refractivity contribution in [1.82, 2.24) is 4.90 Å². The highest BCUT2D eigenvalue weighted by molar-refractivity contribution is 5.79. The first kappa shape index (κ1) is 20.1. The van der Waals surface area contributed by atoms with Crippen LogP contribution in [0.4, 0.5) is 4.79 Å². The maximum Gasteiger partial charge on any atom is 0.409 e. The van der Waals surface area contributed by atoms with Gasteiger partial charge in [-0.05, 0) is 66.2 Å². The molecule has 162 valence electrons. The van der Waals surface area contributed by atoms with Crippen molar-refractivity contribution in [3.05, 3.63) is 59.7 Å². The zero-order chi connectivity index (χ0) is 21.4. The molecule has 0 aromatic heterocycles. The molecule has 1 aliphatic heterocycles. The largest absolute Gasteiger partial charge is 0.481 e. The number of rotatable bonds is 3. The van der Waals surface area contributed by atoms with Gasteiger partial charge in [-0.3, -0.25) is 4.79 Å². The Bertz CT molecular complexity index is 937. The van der Waals surface area contributed by atoms with Gasteiger partial charge in [0, 0.05) is 19.0 Å². The fourth-order valence-corrected chi connectivity index (χ4v) is 5.83. The summed E-state index contributed by atoms with van der Waals surface area (Å²) in [5.74, 6) is -0.768. The molecule has 5 rings (SSSR count). The molecule has 3 aliphatic rings. The Labute approximate surface area is 183 Å². The fourth-order valence-electron chi connectivity index (χ4n) is 5.83. The summed E-state index contributed by atoms with van der Waals surface area (Å²) in [5.41, 5.74) is 5.13. The molecule has 1 N–H and O–H groups in total. The number of ether oxygens (including phenoxy) is 1. The number of hydrogen-bond donors (Lipinski definition) is 1. The third-order valence-corrected chi connectivity index (χ3v) is 7.81. The number of aliphatic carboxylic acids is 1. The number of likely N-dealkylation sites (tertiary alicyclic amines) is 1. The van der Waals surface area contributed by atoms with Gasteiger partial charge in [-0.25, -0.2) is 4.79 Å². The van der Waals surface area contributed by atoms with E-state index in [9.17, 15) is 14.7 Å². The second kappa shape index (κ2) is 8.03. The summed E-state index contributed by atoms with van der Waals surface area (Å²) in [7, 11) is 0. The summed E-state index contributed by atoms with van der Waals surface area (Å²) in [5, 5.41) is 9.24. The Kier molecular flexibility index (Phi) is 5.20. The monoisotopic (exact) mass is 419 g/mol. The maximum atomic E-state index is 12.8. The second-order valence-corrected chi connectivity index (χ2v) is 9.40. The predicted octanol–water partition coefficient (Wildman–Crippen LogP) is 5.29. The van der Waals surface area contributed by atoms with Crippen molar-refractivity contribution >= 4 is 12.1 Å². The molecule has 2 fully saturated rings. The van der Waals surface area contributed by atoms with Crippen LogP contribution in [0.5, 0.6) is 0 Å². The van der Waals surface area contributed by atoms with Gasteiger partial charge in [0.25, 0.3) is 0 Å². The zero-order valence-electron chi connectivity index (χ0n) is 17.8. The normalized spacial score (nSPS) is 20.3. The lowest BCUT2D eigenvalue weighted by Gasteiger charge is -2.45. The third kappa shape index (κ3) is 3.71. The van der Waals surface area contributed by atoms with Crippen LogP contribution in [0, 0.1) is 11.3 Å². The molecule has 0 bridgehead atoms. The van der Waals surface area contributed by atoms with Crippen LogP contribution in [-0.4, -0.2) is 41.8 Å². The number of carbonyl (C=O) groups is 2. The Morgan fingerprint density at radius 1 is 0.903 bits per heavy atom. The number of piperidine rings is 1. The lowest BCUT2D eigenvalue weighted by molar-refractivity contribution is -0.144. The third-order valence-electron chi connectivity index (χ3n) is 7.81. The minimum Gasteiger partial charge on any atom is -0.481 e. The molecule has 2 aromatic carbocycles. The highest BCUT2D eigenvalue weighted by Crippen LogP contribution is 2.47. The Morgan fingerprint density at radius 3 is 2.00 bits per heavy atom. The standard InChI is InChI=1S/C26H29NO4/c28-24(29)18-9-11-26(12-10-18)13-15-27(16-14-26)25(30)31-17-23-21-7-3-1-5-19(21)20-6-2-4-8-22(20)23/h1-8,18,23H,9-17H2,(H,28,29). The van der Waals surface area contributed by atoms with Gasteiger partial charge in [-0.15, -0.1) is 0 Å². The predicted molar refractivity (Wildman–Crippen MR) is 118 cm³/mol. The molecule has 1 spiro atoms. The molecular formula is C26H29NO4. The average Bonchev–Trinajstić information content (AvgIpc) is 3.12. The minimum absolute atomic E-state index is 0.0822. The molecule has 2 aromatic rings. The fraction of sp³-hybridized carbons (Fsp3) is 0.462. The van der Waals surface area contributed by atoms with E-state index in [0.717, 1.165) is 38.5 Å². The molecule has 0 radical (unpaired) electrons. The van der Waals surface area contributed by atoms with Crippen molar-refractivity contribution in [2.75, 3.05) is 19.7 Å².